The molecule has 0 bridgehead atoms. The van der Waals surface area contributed by atoms with E-state index in [0.717, 1.165) is 31.6 Å². The molecule has 1 amide bonds. The van der Waals surface area contributed by atoms with Gasteiger partial charge in [-0.1, -0.05) is 0 Å². The second kappa shape index (κ2) is 8.36. The number of hydrogen-bond donors (Lipinski definition) is 2. The highest BCUT2D eigenvalue weighted by Crippen LogP contribution is 2.20. The predicted molar refractivity (Wildman–Crippen MR) is 87.2 cm³/mol. The van der Waals surface area contributed by atoms with Crippen LogP contribution in [0.15, 0.2) is 22.8 Å². The molecule has 1 aliphatic carbocycles. The van der Waals surface area contributed by atoms with Crippen molar-refractivity contribution in [2.24, 2.45) is 0 Å². The van der Waals surface area contributed by atoms with Crippen LogP contribution in [0.2, 0.25) is 0 Å². The van der Waals surface area contributed by atoms with Crippen molar-refractivity contribution in [1.82, 2.24) is 10.6 Å². The van der Waals surface area contributed by atoms with E-state index in [0.29, 0.717) is 19.3 Å². The Morgan fingerprint density at radius 2 is 2.13 bits per heavy atom. The van der Waals surface area contributed by atoms with E-state index < -0.39 is 5.60 Å². The van der Waals surface area contributed by atoms with Crippen LogP contribution in [0.1, 0.15) is 45.8 Å². The van der Waals surface area contributed by atoms with Crippen LogP contribution in [0.5, 0.6) is 0 Å². The highest BCUT2D eigenvalue weighted by Gasteiger charge is 2.30. The van der Waals surface area contributed by atoms with Gasteiger partial charge < -0.3 is 24.5 Å². The molecule has 1 aromatic heterocycles. The fourth-order valence-corrected chi connectivity index (χ4v) is 2.42. The summed E-state index contributed by atoms with van der Waals surface area (Å²) in [7, 11) is 0. The Bertz CT molecular complexity index is 461. The third-order valence-electron chi connectivity index (χ3n) is 3.58. The summed E-state index contributed by atoms with van der Waals surface area (Å²) in [4.78, 5) is 11.6. The molecule has 1 fully saturated rings. The second-order valence-electron chi connectivity index (χ2n) is 6.95. The molecule has 6 nitrogen and oxygen atoms in total. The molecule has 23 heavy (non-hydrogen) atoms. The molecule has 2 rings (SSSR count). The number of furan rings is 1. The van der Waals surface area contributed by atoms with Crippen LogP contribution in [0.25, 0.3) is 0 Å². The lowest BCUT2D eigenvalue weighted by molar-refractivity contribution is 0.0464. The Kier molecular flexibility index (Phi) is 6.47. The van der Waals surface area contributed by atoms with E-state index in [4.69, 9.17) is 13.9 Å². The van der Waals surface area contributed by atoms with Crippen molar-refractivity contribution in [2.75, 3.05) is 13.2 Å². The first-order valence-electron chi connectivity index (χ1n) is 8.25. The van der Waals surface area contributed by atoms with Gasteiger partial charge in [0.05, 0.1) is 6.26 Å². The Labute approximate surface area is 137 Å². The van der Waals surface area contributed by atoms with E-state index in [-0.39, 0.29) is 12.1 Å². The molecule has 1 heterocycles. The van der Waals surface area contributed by atoms with Crippen LogP contribution < -0.4 is 10.6 Å². The summed E-state index contributed by atoms with van der Waals surface area (Å²) in [5.41, 5.74) is -0.443. The Morgan fingerprint density at radius 1 is 1.35 bits per heavy atom. The first-order chi connectivity index (χ1) is 10.9. The summed E-state index contributed by atoms with van der Waals surface area (Å²) in [5, 5.41) is 6.36. The fourth-order valence-electron chi connectivity index (χ4n) is 2.42. The third kappa shape index (κ3) is 7.05. The molecule has 0 saturated heterocycles. The maximum Gasteiger partial charge on any atom is 0.407 e. The fraction of sp³-hybridized carbons (Fsp3) is 0.706. The van der Waals surface area contributed by atoms with E-state index >= 15 is 0 Å². The number of amides is 1. The van der Waals surface area contributed by atoms with Crippen molar-refractivity contribution in [1.29, 1.82) is 0 Å². The van der Waals surface area contributed by atoms with E-state index in [1.54, 1.807) is 6.26 Å². The van der Waals surface area contributed by atoms with Gasteiger partial charge in [-0.3, -0.25) is 0 Å². The zero-order chi connectivity index (χ0) is 16.7. The average molecular weight is 324 g/mol. The quantitative estimate of drug-likeness (QED) is 0.719. The first kappa shape index (κ1) is 17.8. The number of carbonyl (C=O) groups excluding carboxylic acids is 1. The molecule has 0 aromatic carbocycles. The molecule has 0 spiro atoms. The monoisotopic (exact) mass is 324 g/mol. The molecule has 0 unspecified atom stereocenters. The molecule has 0 atom stereocenters. The van der Waals surface area contributed by atoms with Gasteiger partial charge in [0, 0.05) is 18.7 Å². The number of alkyl carbamates (subject to hydrolysis) is 1. The summed E-state index contributed by atoms with van der Waals surface area (Å²) in [6.45, 7) is 7.75. The van der Waals surface area contributed by atoms with Gasteiger partial charge in [0.2, 0.25) is 0 Å². The van der Waals surface area contributed by atoms with Crippen molar-refractivity contribution in [2.45, 2.75) is 64.3 Å². The summed E-state index contributed by atoms with van der Waals surface area (Å²) >= 11 is 0. The summed E-state index contributed by atoms with van der Waals surface area (Å²) in [6, 6.07) is 4.46. The second-order valence-corrected chi connectivity index (χ2v) is 6.95. The molecule has 1 aliphatic rings. The molecular formula is C17H28N2O4. The lowest BCUT2D eigenvalue weighted by atomic mass is 9.87. The van der Waals surface area contributed by atoms with Crippen molar-refractivity contribution in [3.05, 3.63) is 24.2 Å². The molecule has 1 saturated carbocycles. The minimum atomic E-state index is -0.443. The van der Waals surface area contributed by atoms with Gasteiger partial charge in [0.15, 0.2) is 0 Å². The van der Waals surface area contributed by atoms with Crippen LogP contribution in [0, 0.1) is 0 Å². The van der Waals surface area contributed by atoms with Gasteiger partial charge in [0.25, 0.3) is 0 Å². The Hall–Kier alpha value is -1.53. The minimum absolute atomic E-state index is 0.220. The normalized spacial score (nSPS) is 20.8. The predicted octanol–water partition coefficient (Wildman–Crippen LogP) is 2.83. The molecule has 1 aromatic rings. The SMILES string of the molecule is CC(C)(C)OC(=O)NC1CC(NCCCOCc2ccco2)C1. The summed E-state index contributed by atoms with van der Waals surface area (Å²) < 4.78 is 16.0. The molecular weight excluding hydrogens is 296 g/mol. The van der Waals surface area contributed by atoms with Gasteiger partial charge in [-0.15, -0.1) is 0 Å². The highest BCUT2D eigenvalue weighted by atomic mass is 16.6. The molecule has 6 heteroatoms. The van der Waals surface area contributed by atoms with Gasteiger partial charge in [-0.25, -0.2) is 4.79 Å². The van der Waals surface area contributed by atoms with E-state index in [1.165, 1.54) is 0 Å². The molecule has 2 N–H and O–H groups in total. The maximum atomic E-state index is 11.6. The maximum absolute atomic E-state index is 11.6. The lowest BCUT2D eigenvalue weighted by Gasteiger charge is -2.36. The van der Waals surface area contributed by atoms with Gasteiger partial charge in [-0.05, 0) is 58.7 Å². The van der Waals surface area contributed by atoms with Gasteiger partial charge in [-0.2, -0.15) is 0 Å². The number of ether oxygens (including phenoxy) is 2. The highest BCUT2D eigenvalue weighted by molar-refractivity contribution is 5.68. The first-order valence-corrected chi connectivity index (χ1v) is 8.25. The van der Waals surface area contributed by atoms with E-state index in [1.807, 2.05) is 32.9 Å². The van der Waals surface area contributed by atoms with Crippen LogP contribution >= 0.6 is 0 Å². The van der Waals surface area contributed by atoms with Crippen LogP contribution in [0.4, 0.5) is 4.79 Å². The van der Waals surface area contributed by atoms with Gasteiger partial charge in [0.1, 0.15) is 18.0 Å². The number of nitrogens with one attached hydrogen (secondary N) is 2. The lowest BCUT2D eigenvalue weighted by Crippen LogP contribution is -2.53. The van der Waals surface area contributed by atoms with Crippen molar-refractivity contribution >= 4 is 6.09 Å². The smallest absolute Gasteiger partial charge is 0.407 e. The van der Waals surface area contributed by atoms with Gasteiger partial charge >= 0.3 is 6.09 Å². The largest absolute Gasteiger partial charge is 0.467 e. The van der Waals surface area contributed by atoms with Crippen LogP contribution in [-0.4, -0.2) is 36.9 Å². The van der Waals surface area contributed by atoms with Crippen LogP contribution in [-0.2, 0) is 16.1 Å². The third-order valence-corrected chi connectivity index (χ3v) is 3.58. The number of hydrogen-bond acceptors (Lipinski definition) is 5. The van der Waals surface area contributed by atoms with Crippen molar-refractivity contribution in [3.8, 4) is 0 Å². The zero-order valence-corrected chi connectivity index (χ0v) is 14.3. The van der Waals surface area contributed by atoms with Crippen molar-refractivity contribution < 1.29 is 18.7 Å². The molecule has 0 radical (unpaired) electrons. The van der Waals surface area contributed by atoms with E-state index in [2.05, 4.69) is 10.6 Å². The topological polar surface area (TPSA) is 72.7 Å². The number of carbonyl (C=O) groups is 1. The zero-order valence-electron chi connectivity index (χ0n) is 14.3. The minimum Gasteiger partial charge on any atom is -0.467 e. The Morgan fingerprint density at radius 3 is 2.78 bits per heavy atom. The average Bonchev–Trinajstić information content (AvgIpc) is 2.90. The molecule has 130 valence electrons. The summed E-state index contributed by atoms with van der Waals surface area (Å²) in [5.74, 6) is 0.855. The van der Waals surface area contributed by atoms with Crippen molar-refractivity contribution in [3.63, 3.8) is 0 Å². The van der Waals surface area contributed by atoms with E-state index in [9.17, 15) is 4.79 Å². The number of rotatable bonds is 8. The standard InChI is InChI=1S/C17H28N2O4/c1-17(2,3)23-16(20)19-14-10-13(11-14)18-7-5-8-21-12-15-6-4-9-22-15/h4,6,9,13-14,18H,5,7-8,10-12H2,1-3H3,(H,19,20). The molecule has 0 aliphatic heterocycles. The van der Waals surface area contributed by atoms with Crippen LogP contribution in [0.3, 0.4) is 0 Å². The Balaban J connectivity index is 1.43. The summed E-state index contributed by atoms with van der Waals surface area (Å²) in [6.07, 6.45) is 4.19.